The number of ether oxygens (including phenoxy) is 1. The maximum atomic E-state index is 9.43. The summed E-state index contributed by atoms with van der Waals surface area (Å²) in [6, 6.07) is 16.7. The topological polar surface area (TPSA) is 158 Å². The lowest BCUT2D eigenvalue weighted by Crippen LogP contribution is -2.32. The highest BCUT2D eigenvalue weighted by Gasteiger charge is 2.29. The molecule has 1 aliphatic rings. The molecule has 0 bridgehead atoms. The van der Waals surface area contributed by atoms with Crippen molar-refractivity contribution in [1.29, 1.82) is 10.5 Å². The molecular formula is C23H20N8O. The average molecular weight is 424 g/mol. The Kier molecular flexibility index (Phi) is 5.47. The highest BCUT2D eigenvalue weighted by Crippen LogP contribution is 2.40. The van der Waals surface area contributed by atoms with Crippen LogP contribution in [0.4, 0.5) is 17.3 Å². The lowest BCUT2D eigenvalue weighted by atomic mass is 9.95. The molecule has 1 aliphatic heterocycles. The van der Waals surface area contributed by atoms with Crippen molar-refractivity contribution in [2.24, 2.45) is 4.99 Å². The minimum atomic E-state index is -0.597. The second-order valence-corrected chi connectivity index (χ2v) is 7.07. The van der Waals surface area contributed by atoms with Crippen LogP contribution in [0.25, 0.3) is 0 Å². The number of pyridine rings is 1. The van der Waals surface area contributed by atoms with E-state index in [0.29, 0.717) is 17.1 Å². The van der Waals surface area contributed by atoms with Crippen LogP contribution in [0, 0.1) is 22.8 Å². The van der Waals surface area contributed by atoms with Crippen molar-refractivity contribution in [2.45, 2.75) is 19.4 Å². The molecule has 0 saturated heterocycles. The van der Waals surface area contributed by atoms with Crippen LogP contribution in [0.3, 0.4) is 0 Å². The molecule has 0 fully saturated rings. The number of hydrogen-bond acceptors (Lipinski definition) is 9. The minimum Gasteiger partial charge on any atom is -0.457 e. The predicted octanol–water partition coefficient (Wildman–Crippen LogP) is 3.41. The van der Waals surface area contributed by atoms with Gasteiger partial charge in [0.2, 0.25) is 5.96 Å². The van der Waals surface area contributed by atoms with E-state index in [0.717, 1.165) is 17.7 Å². The van der Waals surface area contributed by atoms with Crippen molar-refractivity contribution in [3.8, 4) is 23.8 Å². The summed E-state index contributed by atoms with van der Waals surface area (Å²) in [6.07, 6.45) is 2.80. The summed E-state index contributed by atoms with van der Waals surface area (Å²) in [5.74, 6) is 1.95. The first-order chi connectivity index (χ1) is 15.5. The Labute approximate surface area is 185 Å². The van der Waals surface area contributed by atoms with E-state index in [1.54, 1.807) is 0 Å². The van der Waals surface area contributed by atoms with Gasteiger partial charge in [-0.15, -0.1) is 0 Å². The highest BCUT2D eigenvalue weighted by molar-refractivity contribution is 5.98. The zero-order valence-corrected chi connectivity index (χ0v) is 17.3. The molecule has 1 aromatic heterocycles. The third-order valence-electron chi connectivity index (χ3n) is 5.12. The number of anilines is 3. The molecule has 9 heteroatoms. The largest absolute Gasteiger partial charge is 0.457 e. The molecule has 0 spiro atoms. The number of nitriles is 2. The van der Waals surface area contributed by atoms with Gasteiger partial charge in [0.1, 0.15) is 40.8 Å². The number of rotatable bonds is 4. The summed E-state index contributed by atoms with van der Waals surface area (Å²) in [5, 5.41) is 23.8. The second-order valence-electron chi connectivity index (χ2n) is 7.07. The van der Waals surface area contributed by atoms with Gasteiger partial charge in [0, 0.05) is 5.56 Å². The van der Waals surface area contributed by atoms with Gasteiger partial charge in [-0.05, 0) is 41.8 Å². The van der Waals surface area contributed by atoms with Crippen LogP contribution in [0.5, 0.6) is 11.5 Å². The molecule has 0 aliphatic carbocycles. The van der Waals surface area contributed by atoms with E-state index < -0.39 is 6.04 Å². The van der Waals surface area contributed by atoms with Crippen molar-refractivity contribution >= 4 is 23.3 Å². The normalized spacial score (nSPS) is 14.2. The first-order valence-electron chi connectivity index (χ1n) is 9.89. The molecule has 1 atom stereocenters. The van der Waals surface area contributed by atoms with Crippen molar-refractivity contribution in [2.75, 3.05) is 16.8 Å². The van der Waals surface area contributed by atoms with Crippen LogP contribution in [-0.4, -0.2) is 10.9 Å². The molecule has 3 aromatic rings. The first-order valence-corrected chi connectivity index (χ1v) is 9.89. The fourth-order valence-electron chi connectivity index (χ4n) is 3.47. The Morgan fingerprint density at radius 2 is 1.72 bits per heavy atom. The number of nitrogens with one attached hydrogen (secondary N) is 2. The van der Waals surface area contributed by atoms with Gasteiger partial charge in [-0.2, -0.15) is 10.5 Å². The number of benzene rings is 2. The van der Waals surface area contributed by atoms with Crippen LogP contribution >= 0.6 is 0 Å². The Bertz CT molecular complexity index is 1270. The SMILES string of the molecule is CCc1ccc(Oc2ccc(C3N=C(NC#N)Nc4nc(N)c(C#N)c(N)c43)cc2)cc1. The molecule has 6 N–H and O–H groups in total. The van der Waals surface area contributed by atoms with E-state index in [1.807, 2.05) is 60.8 Å². The van der Waals surface area contributed by atoms with E-state index in [1.165, 1.54) is 5.56 Å². The van der Waals surface area contributed by atoms with Crippen LogP contribution in [0.2, 0.25) is 0 Å². The highest BCUT2D eigenvalue weighted by atomic mass is 16.5. The summed E-state index contributed by atoms with van der Waals surface area (Å²) in [5.41, 5.74) is 15.0. The van der Waals surface area contributed by atoms with E-state index in [9.17, 15) is 5.26 Å². The lowest BCUT2D eigenvalue weighted by molar-refractivity contribution is 0.482. The smallest absolute Gasteiger partial charge is 0.211 e. The number of hydrogen-bond donors (Lipinski definition) is 4. The number of nitrogens with zero attached hydrogens (tertiary/aromatic N) is 4. The van der Waals surface area contributed by atoms with Gasteiger partial charge < -0.3 is 21.5 Å². The number of guanidine groups is 1. The Hall–Kier alpha value is -4.76. The van der Waals surface area contributed by atoms with Crippen LogP contribution in [0.1, 0.15) is 35.2 Å². The third kappa shape index (κ3) is 3.83. The summed E-state index contributed by atoms with van der Waals surface area (Å²) < 4.78 is 5.93. The summed E-state index contributed by atoms with van der Waals surface area (Å²) in [4.78, 5) is 8.79. The zero-order valence-electron chi connectivity index (χ0n) is 17.3. The molecule has 2 heterocycles. The quantitative estimate of drug-likeness (QED) is 0.366. The fourth-order valence-corrected chi connectivity index (χ4v) is 3.47. The van der Waals surface area contributed by atoms with Crippen molar-refractivity contribution in [3.63, 3.8) is 0 Å². The fraction of sp³-hybridized carbons (Fsp3) is 0.130. The molecule has 2 aromatic carbocycles. The molecule has 1 unspecified atom stereocenters. The van der Waals surface area contributed by atoms with Crippen molar-refractivity contribution < 1.29 is 4.74 Å². The second kappa shape index (κ2) is 8.54. The molecule has 32 heavy (non-hydrogen) atoms. The maximum absolute atomic E-state index is 9.43. The molecule has 158 valence electrons. The molecule has 9 nitrogen and oxygen atoms in total. The summed E-state index contributed by atoms with van der Waals surface area (Å²) in [6.45, 7) is 2.10. The Morgan fingerprint density at radius 3 is 2.31 bits per heavy atom. The average Bonchev–Trinajstić information content (AvgIpc) is 2.80. The number of aliphatic imine (C=N–C) groups is 1. The van der Waals surface area contributed by atoms with Crippen LogP contribution < -0.4 is 26.8 Å². The van der Waals surface area contributed by atoms with Gasteiger partial charge in [0.05, 0.1) is 5.69 Å². The van der Waals surface area contributed by atoms with Crippen LogP contribution in [0.15, 0.2) is 53.5 Å². The van der Waals surface area contributed by atoms with E-state index in [-0.39, 0.29) is 23.0 Å². The van der Waals surface area contributed by atoms with E-state index in [2.05, 4.69) is 27.5 Å². The molecule has 0 amide bonds. The predicted molar refractivity (Wildman–Crippen MR) is 122 cm³/mol. The number of nitrogen functional groups attached to an aromatic ring is 2. The van der Waals surface area contributed by atoms with Crippen molar-refractivity contribution in [1.82, 2.24) is 10.3 Å². The Morgan fingerprint density at radius 1 is 1.06 bits per heavy atom. The number of fused-ring (bicyclic) bond motifs is 1. The standard InChI is InChI=1S/C23H20N8O/c1-2-13-3-7-15(8-4-13)32-16-9-5-14(6-10-16)20-18-19(26)17(11-24)21(27)30-22(18)31-23(29-20)28-12-25/h3-10,20H,2H2,1H3,(H6,26,27,28,29,30,31). The summed E-state index contributed by atoms with van der Waals surface area (Å²) in [7, 11) is 0. The number of aromatic nitrogens is 1. The van der Waals surface area contributed by atoms with Crippen LogP contribution in [-0.2, 0) is 6.42 Å². The van der Waals surface area contributed by atoms with Gasteiger partial charge in [-0.1, -0.05) is 31.2 Å². The number of nitrogens with two attached hydrogens (primary N) is 2. The maximum Gasteiger partial charge on any atom is 0.211 e. The number of aryl methyl sites for hydroxylation is 1. The molecule has 4 rings (SSSR count). The summed E-state index contributed by atoms with van der Waals surface area (Å²) >= 11 is 0. The van der Waals surface area contributed by atoms with Gasteiger partial charge >= 0.3 is 0 Å². The van der Waals surface area contributed by atoms with Gasteiger partial charge in [0.25, 0.3) is 0 Å². The zero-order chi connectivity index (χ0) is 22.7. The van der Waals surface area contributed by atoms with Gasteiger partial charge in [-0.25, -0.2) is 9.98 Å². The van der Waals surface area contributed by atoms with E-state index >= 15 is 0 Å². The minimum absolute atomic E-state index is 0.00560. The van der Waals surface area contributed by atoms with Gasteiger partial charge in [0.15, 0.2) is 6.19 Å². The van der Waals surface area contributed by atoms with Gasteiger partial charge in [-0.3, -0.25) is 5.32 Å². The molecular weight excluding hydrogens is 404 g/mol. The Balaban J connectivity index is 1.69. The van der Waals surface area contributed by atoms with E-state index in [4.69, 9.17) is 21.5 Å². The first kappa shape index (κ1) is 20.5. The monoisotopic (exact) mass is 424 g/mol. The lowest BCUT2D eigenvalue weighted by Gasteiger charge is -2.26. The van der Waals surface area contributed by atoms with Crippen molar-refractivity contribution in [3.05, 3.63) is 70.8 Å². The third-order valence-corrected chi connectivity index (χ3v) is 5.12. The molecule has 0 radical (unpaired) electrons. The molecule has 0 saturated carbocycles.